The monoisotopic (exact) mass is 900 g/mol. The molecule has 13 N–H and O–H groups in total. The molecule has 8 amide bonds. The number of carbonyl (C=O) groups excluding carboxylic acids is 8. The number of amides is 8. The van der Waals surface area contributed by atoms with Crippen molar-refractivity contribution >= 4 is 59.4 Å². The maximum absolute atomic E-state index is 13.8. The van der Waals surface area contributed by atoms with Crippen molar-refractivity contribution < 1.29 is 73.1 Å². The van der Waals surface area contributed by atoms with Crippen molar-refractivity contribution in [2.45, 2.75) is 102 Å². The fourth-order valence-electron chi connectivity index (χ4n) is 5.73. The molecule has 0 heterocycles. The largest absolute Gasteiger partial charge is 0.508 e. The van der Waals surface area contributed by atoms with Gasteiger partial charge in [-0.1, -0.05) is 56.3 Å². The lowest BCUT2D eigenvalue weighted by atomic mass is 10.00. The Morgan fingerprint density at radius 3 is 1.69 bits per heavy atom. The molecule has 2 rings (SSSR count). The molecular weight excluding hydrogens is 844 g/mol. The molecule has 2 aromatic carbocycles. The van der Waals surface area contributed by atoms with Gasteiger partial charge >= 0.3 is 18.0 Å². The molecule has 0 saturated carbocycles. The van der Waals surface area contributed by atoms with Gasteiger partial charge < -0.3 is 68.1 Å². The summed E-state index contributed by atoms with van der Waals surface area (Å²) in [5, 5.41) is 54.5. The molecule has 0 aliphatic carbocycles. The minimum absolute atomic E-state index is 0.0498. The van der Waals surface area contributed by atoms with Crippen LogP contribution in [0, 0.1) is 5.92 Å². The van der Waals surface area contributed by atoms with Gasteiger partial charge in [-0.05, 0) is 55.4 Å². The van der Waals surface area contributed by atoms with Gasteiger partial charge in [0.05, 0.1) is 13.2 Å². The third-order valence-corrected chi connectivity index (χ3v) is 9.13. The van der Waals surface area contributed by atoms with Gasteiger partial charge in [0.25, 0.3) is 0 Å². The van der Waals surface area contributed by atoms with Gasteiger partial charge in [-0.2, -0.15) is 0 Å². The number of benzene rings is 2. The number of nitrogens with two attached hydrogens (primary N) is 1. The van der Waals surface area contributed by atoms with Crippen LogP contribution in [0.5, 0.6) is 5.75 Å². The SMILES string of the molecule is CC(C)C[C@H](NC(=O)[C@H](CO)NC(=O)[C@H](CCC(=O)O)NC(=O)CNC(=O)[C@H](C)NC(=O)OCc1ccccc1)C(=O)N[C@@H](Cc1ccc(O)cc1)C(=O)N[C@@H](CCC(=O)O)C(N)=O. The van der Waals surface area contributed by atoms with E-state index in [1.54, 1.807) is 44.2 Å². The number of primary amides is 1. The van der Waals surface area contributed by atoms with E-state index in [2.05, 4.69) is 37.2 Å². The second-order valence-electron chi connectivity index (χ2n) is 15.0. The summed E-state index contributed by atoms with van der Waals surface area (Å²) in [4.78, 5) is 126. The minimum Gasteiger partial charge on any atom is -0.508 e. The number of hydrogen-bond acceptors (Lipinski definition) is 13. The number of aliphatic hydroxyl groups is 1. The summed E-state index contributed by atoms with van der Waals surface area (Å²) in [7, 11) is 0. The van der Waals surface area contributed by atoms with Gasteiger partial charge in [-0.25, -0.2) is 4.79 Å². The molecule has 0 radical (unpaired) electrons. The molecular formula is C41H56N8O15. The Morgan fingerprint density at radius 1 is 0.609 bits per heavy atom. The molecule has 350 valence electrons. The standard InChI is InChI=1S/C41H56N8O15/c1-22(2)17-29(38(60)48-30(18-24-9-11-26(51)12-10-24)39(61)46-27(35(42)57)13-15-33(53)54)47-40(62)31(20-50)49-37(59)28(14-16-34(55)56)45-32(52)19-43-36(58)23(3)44-41(63)64-21-25-7-5-4-6-8-25/h4-12,22-23,27-31,50-51H,13-21H2,1-3H3,(H2,42,57)(H,43,58)(H,44,63)(H,45,52)(H,46,61)(H,47,62)(H,48,60)(H,49,59)(H,53,54)(H,55,56)/t23-,27-,28-,29-,30-,31-/m0/s1. The van der Waals surface area contributed by atoms with Crippen LogP contribution in [0.3, 0.4) is 0 Å². The summed E-state index contributed by atoms with van der Waals surface area (Å²) in [5.41, 5.74) is 6.51. The highest BCUT2D eigenvalue weighted by Crippen LogP contribution is 2.13. The summed E-state index contributed by atoms with van der Waals surface area (Å²) in [6.45, 7) is 2.88. The van der Waals surface area contributed by atoms with Crippen molar-refractivity contribution in [3.8, 4) is 5.75 Å². The number of nitrogens with one attached hydrogen (secondary N) is 7. The first-order valence-corrected chi connectivity index (χ1v) is 20.1. The summed E-state index contributed by atoms with van der Waals surface area (Å²) in [6, 6.07) is 5.42. The summed E-state index contributed by atoms with van der Waals surface area (Å²) < 4.78 is 5.07. The van der Waals surface area contributed by atoms with E-state index in [9.17, 15) is 63.3 Å². The fraction of sp³-hybridized carbons (Fsp3) is 0.463. The Bertz CT molecular complexity index is 1950. The molecule has 0 bridgehead atoms. The van der Waals surface area contributed by atoms with Crippen LogP contribution in [0.15, 0.2) is 54.6 Å². The number of carbonyl (C=O) groups is 10. The van der Waals surface area contributed by atoms with Gasteiger partial charge in [-0.3, -0.25) is 43.2 Å². The summed E-state index contributed by atoms with van der Waals surface area (Å²) >= 11 is 0. The quantitative estimate of drug-likeness (QED) is 0.0463. The van der Waals surface area contributed by atoms with E-state index in [-0.39, 0.29) is 37.5 Å². The lowest BCUT2D eigenvalue weighted by Gasteiger charge is -2.27. The predicted octanol–water partition coefficient (Wildman–Crippen LogP) is -1.96. The van der Waals surface area contributed by atoms with Crippen LogP contribution >= 0.6 is 0 Å². The molecule has 0 unspecified atom stereocenters. The number of hydrogen-bond donors (Lipinski definition) is 12. The average molecular weight is 901 g/mol. The number of carboxylic acid groups (broad SMARTS) is 2. The molecule has 23 heteroatoms. The van der Waals surface area contributed by atoms with E-state index in [0.717, 1.165) is 0 Å². The van der Waals surface area contributed by atoms with Crippen LogP contribution in [0.2, 0.25) is 0 Å². The van der Waals surface area contributed by atoms with Gasteiger partial charge in [0.2, 0.25) is 41.4 Å². The Balaban J connectivity index is 2.15. The lowest BCUT2D eigenvalue weighted by Crippen LogP contribution is -2.60. The lowest BCUT2D eigenvalue weighted by molar-refractivity contribution is -0.139. The van der Waals surface area contributed by atoms with Crippen molar-refractivity contribution in [3.05, 3.63) is 65.7 Å². The zero-order valence-electron chi connectivity index (χ0n) is 35.5. The van der Waals surface area contributed by atoms with Crippen molar-refractivity contribution in [1.29, 1.82) is 0 Å². The van der Waals surface area contributed by atoms with Crippen molar-refractivity contribution in [2.75, 3.05) is 13.2 Å². The number of aromatic hydroxyl groups is 1. The average Bonchev–Trinajstić information content (AvgIpc) is 3.23. The van der Waals surface area contributed by atoms with Crippen LogP contribution in [0.25, 0.3) is 0 Å². The topological polar surface area (TPSA) is 371 Å². The zero-order valence-corrected chi connectivity index (χ0v) is 35.5. The number of carboxylic acids is 2. The third kappa shape index (κ3) is 20.0. The molecule has 0 fully saturated rings. The highest BCUT2D eigenvalue weighted by atomic mass is 16.5. The van der Waals surface area contributed by atoms with Crippen molar-refractivity contribution in [3.63, 3.8) is 0 Å². The predicted molar refractivity (Wildman–Crippen MR) is 223 cm³/mol. The number of phenols is 1. The van der Waals surface area contributed by atoms with Crippen LogP contribution in [0.4, 0.5) is 4.79 Å². The van der Waals surface area contributed by atoms with Crippen LogP contribution in [-0.4, -0.2) is 129 Å². The van der Waals surface area contributed by atoms with E-state index in [0.29, 0.717) is 11.1 Å². The van der Waals surface area contributed by atoms with E-state index >= 15 is 0 Å². The van der Waals surface area contributed by atoms with Crippen LogP contribution < -0.4 is 43.0 Å². The molecule has 2 aromatic rings. The number of alkyl carbamates (subject to hydrolysis) is 1. The molecule has 0 aliphatic rings. The Kier molecular flexibility index (Phi) is 22.2. The molecule has 64 heavy (non-hydrogen) atoms. The van der Waals surface area contributed by atoms with E-state index in [4.69, 9.17) is 15.6 Å². The van der Waals surface area contributed by atoms with Gasteiger partial charge in [-0.15, -0.1) is 0 Å². The molecule has 6 atom stereocenters. The van der Waals surface area contributed by atoms with Gasteiger partial charge in [0, 0.05) is 19.3 Å². The van der Waals surface area contributed by atoms with E-state index in [1.165, 1.54) is 31.2 Å². The number of rotatable bonds is 27. The molecule has 0 aliphatic heterocycles. The fourth-order valence-corrected chi connectivity index (χ4v) is 5.73. The first-order valence-electron chi connectivity index (χ1n) is 20.1. The Hall–Kier alpha value is -7.30. The number of aliphatic carboxylic acids is 2. The second kappa shape index (κ2) is 26.9. The van der Waals surface area contributed by atoms with Crippen molar-refractivity contribution in [2.24, 2.45) is 11.7 Å². The van der Waals surface area contributed by atoms with Crippen LogP contribution in [-0.2, 0) is 60.9 Å². The van der Waals surface area contributed by atoms with Crippen LogP contribution in [0.1, 0.15) is 64.0 Å². The second-order valence-corrected chi connectivity index (χ2v) is 15.0. The van der Waals surface area contributed by atoms with Gasteiger partial charge in [0.1, 0.15) is 48.6 Å². The first-order chi connectivity index (χ1) is 30.2. The number of ether oxygens (including phenoxy) is 1. The normalized spacial score (nSPS) is 13.6. The highest BCUT2D eigenvalue weighted by Gasteiger charge is 2.33. The Labute approximate surface area is 367 Å². The molecule has 0 spiro atoms. The summed E-state index contributed by atoms with van der Waals surface area (Å²) in [5.74, 6) is -9.88. The molecule has 23 nitrogen and oxygen atoms in total. The van der Waals surface area contributed by atoms with Crippen molar-refractivity contribution in [1.82, 2.24) is 37.2 Å². The highest BCUT2D eigenvalue weighted by molar-refractivity contribution is 5.97. The molecule has 0 saturated heterocycles. The Morgan fingerprint density at radius 2 is 1.12 bits per heavy atom. The third-order valence-electron chi connectivity index (χ3n) is 9.13. The zero-order chi connectivity index (χ0) is 47.9. The van der Waals surface area contributed by atoms with E-state index in [1.807, 2.05) is 0 Å². The number of aliphatic hydroxyl groups excluding tert-OH is 1. The smallest absolute Gasteiger partial charge is 0.408 e. The first kappa shape index (κ1) is 52.8. The minimum atomic E-state index is -1.77. The molecule has 0 aromatic heterocycles. The van der Waals surface area contributed by atoms with E-state index < -0.39 is 128 Å². The summed E-state index contributed by atoms with van der Waals surface area (Å²) in [6.07, 6.45) is -3.20. The number of phenolic OH excluding ortho intramolecular Hbond substituents is 1. The maximum atomic E-state index is 13.8. The maximum Gasteiger partial charge on any atom is 0.408 e. The van der Waals surface area contributed by atoms with Gasteiger partial charge in [0.15, 0.2) is 0 Å².